The molecule has 1 atom stereocenters. The minimum absolute atomic E-state index is 0.0118. The molecule has 24 heavy (non-hydrogen) atoms. The van der Waals surface area contributed by atoms with Crippen molar-refractivity contribution in [3.05, 3.63) is 35.4 Å². The second-order valence-electron chi connectivity index (χ2n) is 6.64. The molecular weight excluding hydrogens is 310 g/mol. The highest BCUT2D eigenvalue weighted by molar-refractivity contribution is 6.02. The number of carboxylic acid groups (broad SMARTS) is 1. The van der Waals surface area contributed by atoms with E-state index in [2.05, 4.69) is 0 Å². The second kappa shape index (κ2) is 6.26. The molecule has 6 nitrogen and oxygen atoms in total. The molecular formula is C18H21NO5. The van der Waals surface area contributed by atoms with Crippen LogP contribution in [0.1, 0.15) is 41.6 Å². The number of fused-ring (bicyclic) bond motifs is 2. The molecule has 0 saturated carbocycles. The quantitative estimate of drug-likeness (QED) is 0.842. The summed E-state index contributed by atoms with van der Waals surface area (Å²) in [5, 5.41) is 9.18. The van der Waals surface area contributed by atoms with Crippen molar-refractivity contribution in [2.75, 3.05) is 20.2 Å². The lowest BCUT2D eigenvalue weighted by Crippen LogP contribution is -2.48. The number of methoxy groups -OCH3 is 1. The van der Waals surface area contributed by atoms with Gasteiger partial charge in [-0.3, -0.25) is 9.59 Å². The van der Waals surface area contributed by atoms with Crippen LogP contribution in [0.15, 0.2) is 24.3 Å². The Kier molecular flexibility index (Phi) is 4.30. The number of nitrogens with zero attached hydrogens (tertiary/aromatic N) is 1. The number of esters is 1. The third-order valence-corrected chi connectivity index (χ3v) is 5.40. The van der Waals surface area contributed by atoms with Gasteiger partial charge in [0.15, 0.2) is 5.78 Å². The number of amides is 1. The van der Waals surface area contributed by atoms with Crippen molar-refractivity contribution < 1.29 is 24.2 Å². The summed E-state index contributed by atoms with van der Waals surface area (Å²) >= 11 is 0. The van der Waals surface area contributed by atoms with Crippen LogP contribution >= 0.6 is 0 Å². The van der Waals surface area contributed by atoms with Crippen LogP contribution in [0.5, 0.6) is 0 Å². The van der Waals surface area contributed by atoms with E-state index in [0.717, 1.165) is 5.56 Å². The van der Waals surface area contributed by atoms with Crippen molar-refractivity contribution in [2.45, 2.75) is 31.1 Å². The van der Waals surface area contributed by atoms with Gasteiger partial charge in [-0.25, -0.2) is 4.79 Å². The van der Waals surface area contributed by atoms with E-state index < -0.39 is 12.0 Å². The van der Waals surface area contributed by atoms with Gasteiger partial charge in [0.05, 0.1) is 13.5 Å². The summed E-state index contributed by atoms with van der Waals surface area (Å²) < 4.78 is 4.74. The molecule has 1 N–H and O–H groups in total. The Morgan fingerprint density at radius 1 is 1.29 bits per heavy atom. The van der Waals surface area contributed by atoms with Gasteiger partial charge in [0.25, 0.3) is 0 Å². The maximum absolute atomic E-state index is 12.8. The monoisotopic (exact) mass is 331 g/mol. The number of piperidine rings is 1. The van der Waals surface area contributed by atoms with Crippen molar-refractivity contribution in [2.24, 2.45) is 5.92 Å². The molecule has 1 unspecified atom stereocenters. The zero-order valence-corrected chi connectivity index (χ0v) is 13.7. The zero-order chi connectivity index (χ0) is 17.3. The highest BCUT2D eigenvalue weighted by Gasteiger charge is 2.46. The number of Topliss-reactive ketones (excluding diaryl/α,β-unsaturated/α-hetero) is 1. The lowest BCUT2D eigenvalue weighted by Gasteiger charge is -2.46. The summed E-state index contributed by atoms with van der Waals surface area (Å²) in [5.74, 6) is -0.795. The standard InChI is InChI=1S/C18H21NO5/c1-24-15(20)10-12-11-18(6-8-19(9-7-18)17(22)23)14-5-3-2-4-13(14)16(12)21/h2-5,12H,6-11H2,1H3,(H,22,23). The number of likely N-dealkylation sites (tertiary alicyclic amines) is 1. The minimum Gasteiger partial charge on any atom is -0.469 e. The van der Waals surface area contributed by atoms with Gasteiger partial charge in [-0.15, -0.1) is 0 Å². The molecule has 1 spiro atoms. The number of carbonyl (C=O) groups excluding carboxylic acids is 2. The molecule has 1 aromatic rings. The molecule has 3 rings (SSSR count). The SMILES string of the molecule is COC(=O)CC1CC2(CCN(C(=O)O)CC2)c2ccccc2C1=O. The fourth-order valence-electron chi connectivity index (χ4n) is 4.10. The van der Waals surface area contributed by atoms with E-state index in [0.29, 0.717) is 37.9 Å². The molecule has 0 aromatic heterocycles. The number of benzene rings is 1. The van der Waals surface area contributed by atoms with Gasteiger partial charge in [-0.05, 0) is 24.8 Å². The Morgan fingerprint density at radius 3 is 2.58 bits per heavy atom. The first-order valence-electron chi connectivity index (χ1n) is 8.15. The Morgan fingerprint density at radius 2 is 1.96 bits per heavy atom. The predicted octanol–water partition coefficient (Wildman–Crippen LogP) is 2.46. The van der Waals surface area contributed by atoms with Crippen molar-refractivity contribution in [1.29, 1.82) is 0 Å². The lowest BCUT2D eigenvalue weighted by atomic mass is 9.61. The summed E-state index contributed by atoms with van der Waals surface area (Å²) in [6.07, 6.45) is 1.08. The van der Waals surface area contributed by atoms with Gasteiger partial charge < -0.3 is 14.7 Å². The number of hydrogen-bond donors (Lipinski definition) is 1. The van der Waals surface area contributed by atoms with Gasteiger partial charge in [-0.1, -0.05) is 24.3 Å². The summed E-state index contributed by atoms with van der Waals surface area (Å²) in [6, 6.07) is 7.53. The molecule has 2 aliphatic rings. The average molecular weight is 331 g/mol. The smallest absolute Gasteiger partial charge is 0.407 e. The van der Waals surface area contributed by atoms with Crippen LogP contribution in [0.25, 0.3) is 0 Å². The Balaban J connectivity index is 1.94. The number of carbonyl (C=O) groups is 3. The number of rotatable bonds is 2. The van der Waals surface area contributed by atoms with Gasteiger partial charge in [0.1, 0.15) is 0 Å². The number of hydrogen-bond acceptors (Lipinski definition) is 4. The minimum atomic E-state index is -0.906. The van der Waals surface area contributed by atoms with Crippen LogP contribution in [-0.4, -0.2) is 48.1 Å². The topological polar surface area (TPSA) is 83.9 Å². The summed E-state index contributed by atoms with van der Waals surface area (Å²) in [6.45, 7) is 0.894. The fraction of sp³-hybridized carbons (Fsp3) is 0.500. The van der Waals surface area contributed by atoms with E-state index in [4.69, 9.17) is 4.74 Å². The van der Waals surface area contributed by atoms with Gasteiger partial charge >= 0.3 is 12.1 Å². The molecule has 1 aliphatic carbocycles. The molecule has 1 saturated heterocycles. The van der Waals surface area contributed by atoms with Gasteiger partial charge in [0.2, 0.25) is 0 Å². The molecule has 6 heteroatoms. The molecule has 1 heterocycles. The van der Waals surface area contributed by atoms with Crippen molar-refractivity contribution in [3.63, 3.8) is 0 Å². The fourth-order valence-corrected chi connectivity index (χ4v) is 4.10. The first kappa shape index (κ1) is 16.5. The summed E-state index contributed by atoms with van der Waals surface area (Å²) in [4.78, 5) is 37.0. The molecule has 1 amide bonds. The number of ketones is 1. The van der Waals surface area contributed by atoms with Crippen molar-refractivity contribution in [3.8, 4) is 0 Å². The van der Waals surface area contributed by atoms with Crippen molar-refractivity contribution >= 4 is 17.8 Å². The summed E-state index contributed by atoms with van der Waals surface area (Å²) in [5.41, 5.74) is 1.43. The van der Waals surface area contributed by atoms with Crippen LogP contribution in [0.4, 0.5) is 4.79 Å². The van der Waals surface area contributed by atoms with Crippen LogP contribution in [0.2, 0.25) is 0 Å². The average Bonchev–Trinajstić information content (AvgIpc) is 2.60. The first-order valence-corrected chi connectivity index (χ1v) is 8.15. The maximum atomic E-state index is 12.8. The van der Waals surface area contributed by atoms with Gasteiger partial charge in [-0.2, -0.15) is 0 Å². The zero-order valence-electron chi connectivity index (χ0n) is 13.7. The molecule has 0 radical (unpaired) electrons. The molecule has 0 bridgehead atoms. The lowest BCUT2D eigenvalue weighted by molar-refractivity contribution is -0.141. The van der Waals surface area contributed by atoms with Gasteiger partial charge in [0, 0.05) is 30.0 Å². The van der Waals surface area contributed by atoms with Crippen LogP contribution in [0, 0.1) is 5.92 Å². The second-order valence-corrected chi connectivity index (χ2v) is 6.64. The number of ether oxygens (including phenoxy) is 1. The summed E-state index contributed by atoms with van der Waals surface area (Å²) in [7, 11) is 1.32. The highest BCUT2D eigenvalue weighted by Crippen LogP contribution is 2.47. The first-order chi connectivity index (χ1) is 11.5. The normalized spacial score (nSPS) is 22.1. The van der Waals surface area contributed by atoms with E-state index in [-0.39, 0.29) is 23.6 Å². The molecule has 128 valence electrons. The maximum Gasteiger partial charge on any atom is 0.407 e. The Labute approximate surface area is 140 Å². The third kappa shape index (κ3) is 2.77. The molecule has 1 fully saturated rings. The van der Waals surface area contributed by atoms with E-state index in [1.165, 1.54) is 12.0 Å². The van der Waals surface area contributed by atoms with E-state index >= 15 is 0 Å². The van der Waals surface area contributed by atoms with Crippen molar-refractivity contribution in [1.82, 2.24) is 4.90 Å². The third-order valence-electron chi connectivity index (χ3n) is 5.40. The predicted molar refractivity (Wildman–Crippen MR) is 86.0 cm³/mol. The van der Waals surface area contributed by atoms with Crippen LogP contribution < -0.4 is 0 Å². The Hall–Kier alpha value is -2.37. The largest absolute Gasteiger partial charge is 0.469 e. The Bertz CT molecular complexity index is 676. The molecule has 1 aromatic carbocycles. The van der Waals surface area contributed by atoms with Crippen LogP contribution in [-0.2, 0) is 14.9 Å². The van der Waals surface area contributed by atoms with E-state index in [1.54, 1.807) is 0 Å². The van der Waals surface area contributed by atoms with E-state index in [9.17, 15) is 19.5 Å². The highest BCUT2D eigenvalue weighted by atomic mass is 16.5. The molecule has 1 aliphatic heterocycles. The van der Waals surface area contributed by atoms with E-state index in [1.807, 2.05) is 24.3 Å². The van der Waals surface area contributed by atoms with Crippen LogP contribution in [0.3, 0.4) is 0 Å².